The van der Waals surface area contributed by atoms with E-state index in [1.165, 1.54) is 24.0 Å². The first-order valence-corrected chi connectivity index (χ1v) is 6.05. The lowest BCUT2D eigenvalue weighted by Gasteiger charge is -2.09. The molecular weight excluding hydrogens is 206 g/mol. The van der Waals surface area contributed by atoms with Crippen molar-refractivity contribution in [3.05, 3.63) is 71.8 Å². The molecule has 1 aliphatic carbocycles. The Kier molecular flexibility index (Phi) is 2.52. The summed E-state index contributed by atoms with van der Waals surface area (Å²) in [4.78, 5) is 4.78. The van der Waals surface area contributed by atoms with Gasteiger partial charge in [-0.3, -0.25) is 4.99 Å². The van der Waals surface area contributed by atoms with E-state index < -0.39 is 0 Å². The third-order valence-electron chi connectivity index (χ3n) is 3.30. The smallest absolute Gasteiger partial charge is 0.0858 e. The van der Waals surface area contributed by atoms with Crippen LogP contribution in [0, 0.1) is 0 Å². The molecule has 17 heavy (non-hydrogen) atoms. The van der Waals surface area contributed by atoms with Gasteiger partial charge in [-0.25, -0.2) is 0 Å². The van der Waals surface area contributed by atoms with E-state index >= 15 is 0 Å². The van der Waals surface area contributed by atoms with E-state index in [9.17, 15) is 0 Å². The summed E-state index contributed by atoms with van der Waals surface area (Å²) in [5.41, 5.74) is 2.58. The summed E-state index contributed by atoms with van der Waals surface area (Å²) in [5.74, 6) is 0. The molecule has 0 heterocycles. The number of benzene rings is 2. The van der Waals surface area contributed by atoms with Crippen molar-refractivity contribution in [2.24, 2.45) is 4.99 Å². The van der Waals surface area contributed by atoms with Gasteiger partial charge in [-0.05, 0) is 24.0 Å². The highest BCUT2D eigenvalue weighted by atomic mass is 14.9. The van der Waals surface area contributed by atoms with Crippen molar-refractivity contribution >= 4 is 6.21 Å². The zero-order valence-corrected chi connectivity index (χ0v) is 9.71. The van der Waals surface area contributed by atoms with Crippen molar-refractivity contribution in [3.63, 3.8) is 0 Å². The van der Waals surface area contributed by atoms with Crippen LogP contribution >= 0.6 is 0 Å². The number of nitrogens with zero attached hydrogens (tertiary/aromatic N) is 1. The number of hydrogen-bond acceptors (Lipinski definition) is 1. The predicted molar refractivity (Wildman–Crippen MR) is 71.4 cm³/mol. The van der Waals surface area contributed by atoms with Gasteiger partial charge in [0.25, 0.3) is 0 Å². The molecule has 0 N–H and O–H groups in total. The molecule has 0 aliphatic heterocycles. The van der Waals surface area contributed by atoms with E-state index in [0.29, 0.717) is 0 Å². The molecule has 2 aromatic rings. The maximum absolute atomic E-state index is 4.78. The van der Waals surface area contributed by atoms with Crippen LogP contribution in [0.3, 0.4) is 0 Å². The van der Waals surface area contributed by atoms with Gasteiger partial charge in [-0.2, -0.15) is 0 Å². The molecule has 1 heteroatoms. The molecule has 0 atom stereocenters. The van der Waals surface area contributed by atoms with Crippen molar-refractivity contribution in [3.8, 4) is 0 Å². The lowest BCUT2D eigenvalue weighted by molar-refractivity contribution is 0.748. The third kappa shape index (κ3) is 2.14. The van der Waals surface area contributed by atoms with Gasteiger partial charge in [0.2, 0.25) is 0 Å². The van der Waals surface area contributed by atoms with E-state index in [4.69, 9.17) is 4.99 Å². The molecule has 1 fully saturated rings. The molecule has 0 amide bonds. The Morgan fingerprint density at radius 1 is 0.824 bits per heavy atom. The minimum absolute atomic E-state index is 0.0666. The Morgan fingerprint density at radius 3 is 2.00 bits per heavy atom. The van der Waals surface area contributed by atoms with Gasteiger partial charge in [0.15, 0.2) is 0 Å². The maximum atomic E-state index is 4.78. The fraction of sp³-hybridized carbons (Fsp3) is 0.188. The van der Waals surface area contributed by atoms with Crippen LogP contribution in [0.25, 0.3) is 0 Å². The van der Waals surface area contributed by atoms with Crippen molar-refractivity contribution in [1.82, 2.24) is 0 Å². The summed E-state index contributed by atoms with van der Waals surface area (Å²) >= 11 is 0. The molecule has 1 nitrogen and oxygen atoms in total. The molecular formula is C16H15N. The normalized spacial score (nSPS) is 17.2. The standard InChI is InChI=1S/C16H15N/c1-3-7-14(8-4-1)13-17-16(11-12-16)15-9-5-2-6-10-15/h1-10,13H,11-12H2. The second-order valence-corrected chi connectivity index (χ2v) is 4.57. The first-order chi connectivity index (χ1) is 8.39. The van der Waals surface area contributed by atoms with Crippen molar-refractivity contribution < 1.29 is 0 Å². The fourth-order valence-electron chi connectivity index (χ4n) is 2.10. The molecule has 84 valence electrons. The summed E-state index contributed by atoms with van der Waals surface area (Å²) in [6, 6.07) is 20.9. The largest absolute Gasteiger partial charge is 0.281 e. The second-order valence-electron chi connectivity index (χ2n) is 4.57. The minimum atomic E-state index is 0.0666. The first-order valence-electron chi connectivity index (χ1n) is 6.05. The van der Waals surface area contributed by atoms with E-state index in [0.717, 1.165) is 0 Å². The maximum Gasteiger partial charge on any atom is 0.0858 e. The zero-order valence-electron chi connectivity index (χ0n) is 9.71. The van der Waals surface area contributed by atoms with Gasteiger partial charge < -0.3 is 0 Å². The van der Waals surface area contributed by atoms with E-state index in [2.05, 4.69) is 42.5 Å². The summed E-state index contributed by atoms with van der Waals surface area (Å²) in [6.07, 6.45) is 4.33. The zero-order chi connectivity index (χ0) is 11.6. The van der Waals surface area contributed by atoms with Crippen molar-refractivity contribution in [2.75, 3.05) is 0 Å². The van der Waals surface area contributed by atoms with Crippen molar-refractivity contribution in [2.45, 2.75) is 18.4 Å². The summed E-state index contributed by atoms with van der Waals surface area (Å²) in [6.45, 7) is 0. The van der Waals surface area contributed by atoms with Crippen LogP contribution in [0.1, 0.15) is 24.0 Å². The Bertz CT molecular complexity index is 510. The number of hydrogen-bond donors (Lipinski definition) is 0. The first kappa shape index (κ1) is 10.3. The van der Waals surface area contributed by atoms with E-state index in [1.807, 2.05) is 24.4 Å². The number of aliphatic imine (C=N–C) groups is 1. The van der Waals surface area contributed by atoms with Crippen LogP contribution in [-0.2, 0) is 5.54 Å². The highest BCUT2D eigenvalue weighted by Gasteiger charge is 2.43. The third-order valence-corrected chi connectivity index (χ3v) is 3.30. The molecule has 0 aromatic heterocycles. The van der Waals surface area contributed by atoms with Crippen LogP contribution in [0.2, 0.25) is 0 Å². The minimum Gasteiger partial charge on any atom is -0.281 e. The topological polar surface area (TPSA) is 12.4 Å². The second kappa shape index (κ2) is 4.17. The summed E-state index contributed by atoms with van der Waals surface area (Å²) < 4.78 is 0. The summed E-state index contributed by atoms with van der Waals surface area (Å²) in [5, 5.41) is 0. The van der Waals surface area contributed by atoms with Gasteiger partial charge in [0, 0.05) is 6.21 Å². The van der Waals surface area contributed by atoms with Crippen LogP contribution in [0.5, 0.6) is 0 Å². The molecule has 0 radical (unpaired) electrons. The lowest BCUT2D eigenvalue weighted by atomic mass is 10.1. The van der Waals surface area contributed by atoms with Gasteiger partial charge >= 0.3 is 0 Å². The van der Waals surface area contributed by atoms with Crippen LogP contribution < -0.4 is 0 Å². The molecule has 3 rings (SSSR count). The van der Waals surface area contributed by atoms with Gasteiger partial charge in [0.1, 0.15) is 0 Å². The molecule has 1 aliphatic rings. The Hall–Kier alpha value is -1.89. The fourth-order valence-corrected chi connectivity index (χ4v) is 2.10. The van der Waals surface area contributed by atoms with Gasteiger partial charge in [-0.15, -0.1) is 0 Å². The van der Waals surface area contributed by atoms with Gasteiger partial charge in [-0.1, -0.05) is 60.7 Å². The highest BCUT2D eigenvalue weighted by molar-refractivity contribution is 5.80. The molecule has 0 spiro atoms. The Labute approximate surface area is 102 Å². The predicted octanol–water partition coefficient (Wildman–Crippen LogP) is 3.79. The van der Waals surface area contributed by atoms with Crippen LogP contribution in [0.4, 0.5) is 0 Å². The monoisotopic (exact) mass is 221 g/mol. The summed E-state index contributed by atoms with van der Waals surface area (Å²) in [7, 11) is 0. The van der Waals surface area contributed by atoms with Crippen LogP contribution in [0.15, 0.2) is 65.7 Å². The molecule has 0 bridgehead atoms. The van der Waals surface area contributed by atoms with E-state index in [-0.39, 0.29) is 5.54 Å². The van der Waals surface area contributed by atoms with Crippen LogP contribution in [-0.4, -0.2) is 6.21 Å². The Balaban J connectivity index is 1.84. The molecule has 0 saturated heterocycles. The molecule has 1 saturated carbocycles. The SMILES string of the molecule is C(=NC1(c2ccccc2)CC1)c1ccccc1. The average molecular weight is 221 g/mol. The molecule has 0 unspecified atom stereocenters. The number of rotatable bonds is 3. The van der Waals surface area contributed by atoms with Gasteiger partial charge in [0.05, 0.1) is 5.54 Å². The Morgan fingerprint density at radius 2 is 1.41 bits per heavy atom. The van der Waals surface area contributed by atoms with E-state index in [1.54, 1.807) is 0 Å². The highest BCUT2D eigenvalue weighted by Crippen LogP contribution is 2.49. The van der Waals surface area contributed by atoms with Crippen molar-refractivity contribution in [1.29, 1.82) is 0 Å². The lowest BCUT2D eigenvalue weighted by Crippen LogP contribution is -2.02. The average Bonchev–Trinajstić information content (AvgIpc) is 3.20. The molecule has 2 aromatic carbocycles. The quantitative estimate of drug-likeness (QED) is 0.699.